The number of hydrogen-bond acceptors (Lipinski definition) is 5. The maximum absolute atomic E-state index is 12.4. The molecule has 1 aromatic carbocycles. The maximum Gasteiger partial charge on any atom is 0.289 e. The minimum atomic E-state index is -0.441. The van der Waals surface area contributed by atoms with Crippen molar-refractivity contribution in [2.75, 3.05) is 36.8 Å². The van der Waals surface area contributed by atoms with Crippen LogP contribution in [0.15, 0.2) is 47.1 Å². The molecule has 9 heteroatoms. The molecule has 29 heavy (non-hydrogen) atoms. The van der Waals surface area contributed by atoms with Gasteiger partial charge in [-0.15, -0.1) is 0 Å². The molecular formula is C20H22N4O5. The van der Waals surface area contributed by atoms with Crippen molar-refractivity contribution in [3.05, 3.63) is 48.4 Å². The third kappa shape index (κ3) is 5.44. The average molecular weight is 398 g/mol. The van der Waals surface area contributed by atoms with E-state index in [9.17, 15) is 19.2 Å². The summed E-state index contributed by atoms with van der Waals surface area (Å²) in [5.74, 6) is -0.896. The lowest BCUT2D eigenvalue weighted by atomic mass is 10.2. The van der Waals surface area contributed by atoms with Crippen LogP contribution in [0.3, 0.4) is 0 Å². The van der Waals surface area contributed by atoms with Crippen LogP contribution in [0, 0.1) is 0 Å². The van der Waals surface area contributed by atoms with Gasteiger partial charge in [0, 0.05) is 44.5 Å². The van der Waals surface area contributed by atoms with Gasteiger partial charge in [0.25, 0.3) is 5.91 Å². The molecule has 1 fully saturated rings. The van der Waals surface area contributed by atoms with Crippen molar-refractivity contribution >= 4 is 35.0 Å². The summed E-state index contributed by atoms with van der Waals surface area (Å²) in [6.07, 6.45) is 1.15. The summed E-state index contributed by atoms with van der Waals surface area (Å²) in [4.78, 5) is 51.2. The number of nitrogens with one attached hydrogen (secondary N) is 2. The molecule has 2 heterocycles. The third-order valence-corrected chi connectivity index (χ3v) is 4.43. The topological polar surface area (TPSA) is 112 Å². The Labute approximate surface area is 167 Å². The van der Waals surface area contributed by atoms with Crippen LogP contribution in [0.4, 0.5) is 11.4 Å². The molecule has 9 nitrogen and oxygen atoms in total. The molecule has 3 rings (SSSR count). The molecule has 0 atom stereocenters. The normalized spacial score (nSPS) is 13.7. The van der Waals surface area contributed by atoms with E-state index in [-0.39, 0.29) is 29.9 Å². The van der Waals surface area contributed by atoms with Crippen LogP contribution >= 0.6 is 0 Å². The number of carbonyl (C=O) groups excluding carboxylic acids is 4. The van der Waals surface area contributed by atoms with E-state index in [1.165, 1.54) is 13.2 Å². The van der Waals surface area contributed by atoms with E-state index in [1.54, 1.807) is 46.2 Å². The Morgan fingerprint density at radius 3 is 2.21 bits per heavy atom. The van der Waals surface area contributed by atoms with E-state index in [0.717, 1.165) is 0 Å². The molecule has 4 amide bonds. The lowest BCUT2D eigenvalue weighted by Gasteiger charge is -2.34. The van der Waals surface area contributed by atoms with Crippen molar-refractivity contribution in [2.45, 2.75) is 13.3 Å². The molecule has 1 aliphatic rings. The highest BCUT2D eigenvalue weighted by Crippen LogP contribution is 2.16. The molecule has 2 aromatic rings. The van der Waals surface area contributed by atoms with Crippen LogP contribution in [-0.2, 0) is 14.4 Å². The number of carbonyl (C=O) groups is 4. The van der Waals surface area contributed by atoms with Crippen LogP contribution in [0.1, 0.15) is 23.9 Å². The SMILES string of the molecule is CC(=O)Nc1cccc(NC(=O)CC(=O)N2CCN(C(=O)c3ccco3)CC2)c1. The number of nitrogens with zero attached hydrogens (tertiary/aromatic N) is 2. The van der Waals surface area contributed by atoms with Gasteiger partial charge in [-0.1, -0.05) is 6.07 Å². The van der Waals surface area contributed by atoms with E-state index < -0.39 is 5.91 Å². The third-order valence-electron chi connectivity index (χ3n) is 4.43. The first-order valence-electron chi connectivity index (χ1n) is 9.20. The zero-order valence-electron chi connectivity index (χ0n) is 16.0. The number of benzene rings is 1. The predicted octanol–water partition coefficient (Wildman–Crippen LogP) is 1.55. The summed E-state index contributed by atoms with van der Waals surface area (Å²) in [7, 11) is 0. The highest BCUT2D eigenvalue weighted by molar-refractivity contribution is 6.04. The lowest BCUT2D eigenvalue weighted by Crippen LogP contribution is -2.51. The van der Waals surface area contributed by atoms with E-state index in [4.69, 9.17) is 4.42 Å². The van der Waals surface area contributed by atoms with Gasteiger partial charge in [-0.2, -0.15) is 0 Å². The number of furan rings is 1. The Balaban J connectivity index is 1.47. The summed E-state index contributed by atoms with van der Waals surface area (Å²) in [5, 5.41) is 5.29. The first-order valence-corrected chi connectivity index (χ1v) is 9.20. The van der Waals surface area contributed by atoms with Crippen LogP contribution < -0.4 is 10.6 Å². The summed E-state index contributed by atoms with van der Waals surface area (Å²) >= 11 is 0. The van der Waals surface area contributed by atoms with Crippen molar-refractivity contribution in [1.82, 2.24) is 9.80 Å². The summed E-state index contributed by atoms with van der Waals surface area (Å²) in [6.45, 7) is 2.87. The Bertz CT molecular complexity index is 901. The second-order valence-electron chi connectivity index (χ2n) is 6.64. The number of amides is 4. The maximum atomic E-state index is 12.4. The Morgan fingerprint density at radius 1 is 0.931 bits per heavy atom. The van der Waals surface area contributed by atoms with Gasteiger partial charge in [0.15, 0.2) is 5.76 Å². The van der Waals surface area contributed by atoms with Crippen LogP contribution in [-0.4, -0.2) is 59.6 Å². The minimum Gasteiger partial charge on any atom is -0.459 e. The number of rotatable bonds is 5. The number of piperazine rings is 1. The molecule has 2 N–H and O–H groups in total. The van der Waals surface area contributed by atoms with Crippen LogP contribution in [0.5, 0.6) is 0 Å². The van der Waals surface area contributed by atoms with Crippen molar-refractivity contribution < 1.29 is 23.6 Å². The Hall–Kier alpha value is -3.62. The molecule has 0 unspecified atom stereocenters. The quantitative estimate of drug-likeness (QED) is 0.742. The number of anilines is 2. The fourth-order valence-electron chi connectivity index (χ4n) is 3.05. The predicted molar refractivity (Wildman–Crippen MR) is 105 cm³/mol. The monoisotopic (exact) mass is 398 g/mol. The van der Waals surface area contributed by atoms with Gasteiger partial charge in [-0.25, -0.2) is 0 Å². The highest BCUT2D eigenvalue weighted by atomic mass is 16.3. The lowest BCUT2D eigenvalue weighted by molar-refractivity contribution is -0.135. The zero-order chi connectivity index (χ0) is 20.8. The fourth-order valence-corrected chi connectivity index (χ4v) is 3.05. The average Bonchev–Trinajstić information content (AvgIpc) is 3.22. The molecule has 0 radical (unpaired) electrons. The zero-order valence-corrected chi connectivity index (χ0v) is 16.0. The second kappa shape index (κ2) is 9.05. The van der Waals surface area contributed by atoms with Gasteiger partial charge in [0.1, 0.15) is 6.42 Å². The Morgan fingerprint density at radius 2 is 1.59 bits per heavy atom. The first-order chi connectivity index (χ1) is 13.9. The fraction of sp³-hybridized carbons (Fsp3) is 0.300. The van der Waals surface area contributed by atoms with Crippen molar-refractivity contribution in [2.24, 2.45) is 0 Å². The second-order valence-corrected chi connectivity index (χ2v) is 6.64. The van der Waals surface area contributed by atoms with Gasteiger partial charge in [0.05, 0.1) is 6.26 Å². The molecule has 0 bridgehead atoms. The summed E-state index contributed by atoms with van der Waals surface area (Å²) in [5.41, 5.74) is 1.04. The van der Waals surface area contributed by atoms with E-state index in [2.05, 4.69) is 10.6 Å². The molecule has 0 aliphatic carbocycles. The minimum absolute atomic E-state index is 0.209. The summed E-state index contributed by atoms with van der Waals surface area (Å²) < 4.78 is 5.11. The molecule has 1 saturated heterocycles. The first kappa shape index (κ1) is 20.1. The largest absolute Gasteiger partial charge is 0.459 e. The van der Waals surface area contributed by atoms with Gasteiger partial charge in [0.2, 0.25) is 17.7 Å². The van der Waals surface area contributed by atoms with Gasteiger partial charge in [-0.05, 0) is 30.3 Å². The van der Waals surface area contributed by atoms with Gasteiger partial charge < -0.3 is 24.9 Å². The van der Waals surface area contributed by atoms with Crippen molar-refractivity contribution in [1.29, 1.82) is 0 Å². The van der Waals surface area contributed by atoms with E-state index in [1.807, 2.05) is 0 Å². The molecular weight excluding hydrogens is 376 g/mol. The molecule has 1 aliphatic heterocycles. The highest BCUT2D eigenvalue weighted by Gasteiger charge is 2.26. The van der Waals surface area contributed by atoms with E-state index in [0.29, 0.717) is 37.6 Å². The van der Waals surface area contributed by atoms with E-state index >= 15 is 0 Å². The van der Waals surface area contributed by atoms with Crippen LogP contribution in [0.25, 0.3) is 0 Å². The molecule has 152 valence electrons. The van der Waals surface area contributed by atoms with Crippen LogP contribution in [0.2, 0.25) is 0 Å². The standard InChI is InChI=1S/C20H22N4O5/c1-14(25)21-15-4-2-5-16(12-15)22-18(26)13-19(27)23-7-9-24(10-8-23)20(28)17-6-3-11-29-17/h2-6,11-12H,7-10,13H2,1H3,(H,21,25)(H,22,26). The molecule has 0 saturated carbocycles. The van der Waals surface area contributed by atoms with Gasteiger partial charge >= 0.3 is 0 Å². The smallest absolute Gasteiger partial charge is 0.289 e. The summed E-state index contributed by atoms with van der Waals surface area (Å²) in [6, 6.07) is 9.93. The van der Waals surface area contributed by atoms with Crippen molar-refractivity contribution in [3.63, 3.8) is 0 Å². The Kier molecular flexibility index (Phi) is 6.28. The molecule has 0 spiro atoms. The molecule has 1 aromatic heterocycles. The number of hydrogen-bond donors (Lipinski definition) is 2. The van der Waals surface area contributed by atoms with Crippen molar-refractivity contribution in [3.8, 4) is 0 Å². The van der Waals surface area contributed by atoms with Gasteiger partial charge in [-0.3, -0.25) is 19.2 Å².